The molecule has 0 fully saturated rings. The molecule has 4 nitrogen and oxygen atoms in total. The average molecular weight is 291 g/mol. The Morgan fingerprint density at radius 3 is 2.00 bits per heavy atom. The minimum Gasteiger partial charge on any atom is -0.455 e. The third-order valence-electron chi connectivity index (χ3n) is 3.19. The first-order chi connectivity index (χ1) is 9.82. The third-order valence-corrected chi connectivity index (χ3v) is 3.19. The molecule has 0 aliphatic rings. The number of nitrogens with one attached hydrogen (secondary N) is 1. The molecule has 4 heteroatoms. The molecule has 2 atom stereocenters. The molecule has 0 spiro atoms. The molecule has 0 aliphatic carbocycles. The normalized spacial score (nSPS) is 13.9. The lowest BCUT2D eigenvalue weighted by Gasteiger charge is -2.27. The molecule has 0 aliphatic heterocycles. The van der Waals surface area contributed by atoms with E-state index in [0.29, 0.717) is 0 Å². The lowest BCUT2D eigenvalue weighted by Crippen LogP contribution is -2.41. The number of carbonyl (C=O) groups is 2. The van der Waals surface area contributed by atoms with Gasteiger partial charge in [-0.1, -0.05) is 58.0 Å². The summed E-state index contributed by atoms with van der Waals surface area (Å²) in [6, 6.07) is 9.20. The summed E-state index contributed by atoms with van der Waals surface area (Å²) in [6.45, 7) is 9.11. The summed E-state index contributed by atoms with van der Waals surface area (Å²) in [4.78, 5) is 23.8. The van der Waals surface area contributed by atoms with E-state index in [1.807, 2.05) is 51.1 Å². The van der Waals surface area contributed by atoms with E-state index in [4.69, 9.17) is 4.74 Å². The maximum absolute atomic E-state index is 11.9. The molecular weight excluding hydrogens is 266 g/mol. The highest BCUT2D eigenvalue weighted by Gasteiger charge is 2.26. The van der Waals surface area contributed by atoms with Crippen molar-refractivity contribution in [2.45, 2.75) is 46.8 Å². The predicted molar refractivity (Wildman–Crippen MR) is 82.6 cm³/mol. The molecule has 1 aromatic rings. The van der Waals surface area contributed by atoms with E-state index < -0.39 is 6.10 Å². The zero-order valence-electron chi connectivity index (χ0n) is 13.4. The van der Waals surface area contributed by atoms with Gasteiger partial charge in [-0.05, 0) is 12.5 Å². The number of hydrogen-bond donors (Lipinski definition) is 1. The average Bonchev–Trinajstić information content (AvgIpc) is 2.44. The maximum Gasteiger partial charge on any atom is 0.309 e. The highest BCUT2D eigenvalue weighted by atomic mass is 16.5. The van der Waals surface area contributed by atoms with E-state index >= 15 is 0 Å². The second kappa shape index (κ2) is 7.81. The predicted octanol–water partition coefficient (Wildman–Crippen LogP) is 3.09. The van der Waals surface area contributed by atoms with Crippen LogP contribution >= 0.6 is 0 Å². The van der Waals surface area contributed by atoms with Crippen molar-refractivity contribution < 1.29 is 14.3 Å². The monoisotopic (exact) mass is 291 g/mol. The fourth-order valence-electron chi connectivity index (χ4n) is 1.83. The van der Waals surface area contributed by atoms with Gasteiger partial charge < -0.3 is 10.1 Å². The Morgan fingerprint density at radius 1 is 0.952 bits per heavy atom. The highest BCUT2D eigenvalue weighted by Crippen LogP contribution is 2.23. The number of amides is 1. The third kappa shape index (κ3) is 5.21. The van der Waals surface area contributed by atoms with Crippen LogP contribution in [0.15, 0.2) is 30.3 Å². The number of esters is 1. The van der Waals surface area contributed by atoms with Crippen LogP contribution in [-0.4, -0.2) is 17.9 Å². The minimum atomic E-state index is -0.483. The van der Waals surface area contributed by atoms with Gasteiger partial charge in [0.05, 0.1) is 12.0 Å². The van der Waals surface area contributed by atoms with Gasteiger partial charge >= 0.3 is 5.97 Å². The quantitative estimate of drug-likeness (QED) is 0.819. The summed E-state index contributed by atoms with van der Waals surface area (Å²) in [7, 11) is 0. The molecule has 1 amide bonds. The van der Waals surface area contributed by atoms with Crippen LogP contribution in [0.1, 0.15) is 46.3 Å². The van der Waals surface area contributed by atoms with Crippen LogP contribution in [0.4, 0.5) is 0 Å². The van der Waals surface area contributed by atoms with Crippen molar-refractivity contribution in [1.82, 2.24) is 5.32 Å². The molecule has 0 heterocycles. The van der Waals surface area contributed by atoms with E-state index in [1.54, 1.807) is 13.8 Å². The topological polar surface area (TPSA) is 55.4 Å². The summed E-state index contributed by atoms with van der Waals surface area (Å²) < 4.78 is 5.59. The van der Waals surface area contributed by atoms with Crippen molar-refractivity contribution in [3.8, 4) is 0 Å². The largest absolute Gasteiger partial charge is 0.455 e. The fraction of sp³-hybridized carbons (Fsp3) is 0.529. The zero-order chi connectivity index (χ0) is 16.0. The van der Waals surface area contributed by atoms with E-state index in [1.165, 1.54) is 0 Å². The second-order valence-corrected chi connectivity index (χ2v) is 5.87. The van der Waals surface area contributed by atoms with Crippen LogP contribution in [0.2, 0.25) is 0 Å². The summed E-state index contributed by atoms with van der Waals surface area (Å²) in [5.41, 5.74) is 0.878. The molecule has 21 heavy (non-hydrogen) atoms. The summed E-state index contributed by atoms with van der Waals surface area (Å²) in [5.74, 6) is -0.632. The molecule has 116 valence electrons. The first-order valence-electron chi connectivity index (χ1n) is 7.38. The second-order valence-electron chi connectivity index (χ2n) is 5.87. The summed E-state index contributed by atoms with van der Waals surface area (Å²) in [5, 5.41) is 2.91. The number of carbonyl (C=O) groups excluding carboxylic acids is 2. The number of benzene rings is 1. The maximum atomic E-state index is 11.9. The summed E-state index contributed by atoms with van der Waals surface area (Å²) >= 11 is 0. The summed E-state index contributed by atoms with van der Waals surface area (Å²) in [6.07, 6.45) is -0.483. The Kier molecular flexibility index (Phi) is 6.40. The molecule has 0 radical (unpaired) electrons. The van der Waals surface area contributed by atoms with Crippen molar-refractivity contribution in [2.75, 3.05) is 0 Å². The number of ether oxygens (including phenoxy) is 1. The van der Waals surface area contributed by atoms with Crippen molar-refractivity contribution >= 4 is 11.9 Å². The molecule has 0 bridgehead atoms. The smallest absolute Gasteiger partial charge is 0.309 e. The van der Waals surface area contributed by atoms with Crippen molar-refractivity contribution in [3.05, 3.63) is 35.9 Å². The molecular formula is C17H25NO3. The van der Waals surface area contributed by atoms with E-state index in [9.17, 15) is 9.59 Å². The van der Waals surface area contributed by atoms with E-state index in [-0.39, 0.29) is 29.8 Å². The van der Waals surface area contributed by atoms with Gasteiger partial charge in [-0.25, -0.2) is 0 Å². The van der Waals surface area contributed by atoms with E-state index in [0.717, 1.165) is 5.56 Å². The first kappa shape index (κ1) is 17.2. The van der Waals surface area contributed by atoms with Gasteiger partial charge in [0, 0.05) is 5.92 Å². The van der Waals surface area contributed by atoms with Crippen LogP contribution in [0.25, 0.3) is 0 Å². The Morgan fingerprint density at radius 2 is 1.52 bits per heavy atom. The number of rotatable bonds is 6. The molecule has 0 saturated heterocycles. The lowest BCUT2D eigenvalue weighted by molar-refractivity contribution is -0.155. The fourth-order valence-corrected chi connectivity index (χ4v) is 1.83. The van der Waals surface area contributed by atoms with Crippen LogP contribution in [-0.2, 0) is 14.3 Å². The van der Waals surface area contributed by atoms with Gasteiger partial charge in [-0.15, -0.1) is 0 Å². The molecule has 0 aromatic heterocycles. The highest BCUT2D eigenvalue weighted by molar-refractivity contribution is 5.78. The van der Waals surface area contributed by atoms with Crippen molar-refractivity contribution in [1.29, 1.82) is 0 Å². The van der Waals surface area contributed by atoms with Crippen molar-refractivity contribution in [3.63, 3.8) is 0 Å². The SMILES string of the molecule is CC(C)C(=O)N[C@H](C)[C@H](OC(=O)C(C)C)c1ccccc1. The van der Waals surface area contributed by atoms with Crippen LogP contribution in [0.5, 0.6) is 0 Å². The standard InChI is InChI=1S/C17H25NO3/c1-11(2)16(19)18-13(5)15(21-17(20)12(3)4)14-9-7-6-8-10-14/h6-13,15H,1-5H3,(H,18,19)/t13-,15+/m1/s1. The van der Waals surface area contributed by atoms with E-state index in [2.05, 4.69) is 5.32 Å². The van der Waals surface area contributed by atoms with Crippen LogP contribution < -0.4 is 5.32 Å². The van der Waals surface area contributed by atoms with Gasteiger partial charge in [-0.3, -0.25) is 9.59 Å². The van der Waals surface area contributed by atoms with Gasteiger partial charge in [0.25, 0.3) is 0 Å². The molecule has 1 N–H and O–H groups in total. The first-order valence-corrected chi connectivity index (χ1v) is 7.38. The van der Waals surface area contributed by atoms with Crippen LogP contribution in [0, 0.1) is 11.8 Å². The zero-order valence-corrected chi connectivity index (χ0v) is 13.4. The minimum absolute atomic E-state index is 0.0518. The lowest BCUT2D eigenvalue weighted by atomic mass is 10.0. The molecule has 1 aromatic carbocycles. The van der Waals surface area contributed by atoms with Gasteiger partial charge in [0.1, 0.15) is 6.10 Å². The Bertz CT molecular complexity index is 468. The molecule has 1 rings (SSSR count). The Labute approximate surface area is 126 Å². The van der Waals surface area contributed by atoms with Gasteiger partial charge in [0.2, 0.25) is 5.91 Å². The van der Waals surface area contributed by atoms with Crippen molar-refractivity contribution in [2.24, 2.45) is 11.8 Å². The Balaban J connectivity index is 2.91. The molecule has 0 saturated carbocycles. The number of hydrogen-bond acceptors (Lipinski definition) is 3. The van der Waals surface area contributed by atoms with Crippen LogP contribution in [0.3, 0.4) is 0 Å². The molecule has 0 unspecified atom stereocenters. The van der Waals surface area contributed by atoms with Gasteiger partial charge in [-0.2, -0.15) is 0 Å². The van der Waals surface area contributed by atoms with Gasteiger partial charge in [0.15, 0.2) is 0 Å². The Hall–Kier alpha value is -1.84.